The lowest BCUT2D eigenvalue weighted by atomic mass is 9.90. The normalized spacial score (nSPS) is 15.4. The van der Waals surface area contributed by atoms with E-state index >= 15 is 0 Å². The number of carbonyl (C=O) groups is 1. The fourth-order valence-corrected chi connectivity index (χ4v) is 3.79. The number of amides is 1. The Morgan fingerprint density at radius 2 is 1.82 bits per heavy atom. The van der Waals surface area contributed by atoms with Crippen molar-refractivity contribution in [3.8, 4) is 0 Å². The van der Waals surface area contributed by atoms with Crippen molar-refractivity contribution >= 4 is 17.3 Å². The van der Waals surface area contributed by atoms with Crippen LogP contribution in [0.5, 0.6) is 0 Å². The lowest BCUT2D eigenvalue weighted by molar-refractivity contribution is -0.384. The molecular formula is C22H27N3O3. The maximum atomic E-state index is 12.5. The van der Waals surface area contributed by atoms with Crippen molar-refractivity contribution in [3.63, 3.8) is 0 Å². The molecule has 1 heterocycles. The average Bonchev–Trinajstić information content (AvgIpc) is 2.68. The van der Waals surface area contributed by atoms with Crippen LogP contribution in [-0.2, 0) is 11.2 Å². The summed E-state index contributed by atoms with van der Waals surface area (Å²) >= 11 is 0. The summed E-state index contributed by atoms with van der Waals surface area (Å²) < 4.78 is 0. The summed E-state index contributed by atoms with van der Waals surface area (Å²) in [6, 6.07) is 13.7. The largest absolute Gasteiger partial charge is 0.319 e. The molecule has 1 fully saturated rings. The van der Waals surface area contributed by atoms with Gasteiger partial charge in [-0.2, -0.15) is 0 Å². The predicted octanol–water partition coefficient (Wildman–Crippen LogP) is 4.10. The number of carbonyl (C=O) groups excluding carboxylic acids is 1. The summed E-state index contributed by atoms with van der Waals surface area (Å²) in [5.41, 5.74) is 3.28. The van der Waals surface area contributed by atoms with Gasteiger partial charge in [-0.15, -0.1) is 0 Å². The zero-order valence-corrected chi connectivity index (χ0v) is 16.5. The predicted molar refractivity (Wildman–Crippen MR) is 111 cm³/mol. The van der Waals surface area contributed by atoms with E-state index in [0.717, 1.165) is 43.5 Å². The number of rotatable bonds is 6. The molecule has 1 aliphatic heterocycles. The molecule has 0 bridgehead atoms. The molecule has 0 saturated carbocycles. The smallest absolute Gasteiger partial charge is 0.293 e. The van der Waals surface area contributed by atoms with E-state index in [1.807, 2.05) is 13.0 Å². The first-order chi connectivity index (χ1) is 13.4. The Labute approximate surface area is 165 Å². The zero-order chi connectivity index (χ0) is 20.1. The molecule has 2 aromatic carbocycles. The molecule has 1 saturated heterocycles. The number of hydrogen-bond donors (Lipinski definition) is 1. The Bertz CT molecular complexity index is 844. The van der Waals surface area contributed by atoms with Gasteiger partial charge in [0, 0.05) is 6.07 Å². The molecule has 148 valence electrons. The summed E-state index contributed by atoms with van der Waals surface area (Å²) in [6.07, 6.45) is 3.20. The van der Waals surface area contributed by atoms with Crippen molar-refractivity contribution in [1.82, 2.24) is 4.90 Å². The topological polar surface area (TPSA) is 75.5 Å². The molecule has 1 N–H and O–H groups in total. The quantitative estimate of drug-likeness (QED) is 0.604. The van der Waals surface area contributed by atoms with Gasteiger partial charge in [0.15, 0.2) is 0 Å². The molecule has 3 rings (SSSR count). The zero-order valence-electron chi connectivity index (χ0n) is 16.5. The lowest BCUT2D eigenvalue weighted by Gasteiger charge is -2.31. The van der Waals surface area contributed by atoms with Gasteiger partial charge in [-0.05, 0) is 68.8 Å². The van der Waals surface area contributed by atoms with Gasteiger partial charge >= 0.3 is 0 Å². The Balaban J connectivity index is 1.54. The second-order valence-corrected chi connectivity index (χ2v) is 7.62. The second-order valence-electron chi connectivity index (χ2n) is 7.62. The van der Waals surface area contributed by atoms with Gasteiger partial charge in [0.2, 0.25) is 5.91 Å². The molecule has 0 radical (unpaired) electrons. The van der Waals surface area contributed by atoms with E-state index < -0.39 is 4.92 Å². The maximum Gasteiger partial charge on any atom is 0.293 e. The van der Waals surface area contributed by atoms with Crippen LogP contribution in [-0.4, -0.2) is 35.4 Å². The molecule has 0 atom stereocenters. The number of nitrogens with zero attached hydrogens (tertiary/aromatic N) is 2. The van der Waals surface area contributed by atoms with Crippen molar-refractivity contribution in [2.45, 2.75) is 33.1 Å². The van der Waals surface area contributed by atoms with Crippen molar-refractivity contribution < 1.29 is 9.72 Å². The number of piperidine rings is 1. The van der Waals surface area contributed by atoms with E-state index in [1.165, 1.54) is 11.6 Å². The van der Waals surface area contributed by atoms with Gasteiger partial charge in [0.05, 0.1) is 11.5 Å². The van der Waals surface area contributed by atoms with Crippen LogP contribution in [0.15, 0.2) is 42.5 Å². The molecular weight excluding hydrogens is 354 g/mol. The highest BCUT2D eigenvalue weighted by Gasteiger charge is 2.23. The van der Waals surface area contributed by atoms with Crippen LogP contribution >= 0.6 is 0 Å². The van der Waals surface area contributed by atoms with Crippen molar-refractivity contribution in [3.05, 3.63) is 69.3 Å². The highest BCUT2D eigenvalue weighted by Crippen LogP contribution is 2.30. The number of aryl methyl sites for hydroxylation is 1. The third-order valence-corrected chi connectivity index (χ3v) is 5.62. The van der Waals surface area contributed by atoms with E-state index in [4.69, 9.17) is 0 Å². The SMILES string of the molecule is Cc1ccc([N+](=O)[O-])c(NC(=O)CN2CCC(Cc3ccccc3)CC2)c1C. The van der Waals surface area contributed by atoms with Gasteiger partial charge in [-0.3, -0.25) is 19.8 Å². The number of benzene rings is 2. The molecule has 0 aromatic heterocycles. The molecule has 0 aliphatic carbocycles. The third-order valence-electron chi connectivity index (χ3n) is 5.62. The van der Waals surface area contributed by atoms with Crippen molar-refractivity contribution in [1.29, 1.82) is 0 Å². The van der Waals surface area contributed by atoms with Crippen LogP contribution < -0.4 is 5.32 Å². The molecule has 2 aromatic rings. The fraction of sp³-hybridized carbons (Fsp3) is 0.409. The maximum absolute atomic E-state index is 12.5. The number of anilines is 1. The number of hydrogen-bond acceptors (Lipinski definition) is 4. The highest BCUT2D eigenvalue weighted by molar-refractivity contribution is 5.95. The minimum absolute atomic E-state index is 0.0574. The summed E-state index contributed by atoms with van der Waals surface area (Å²) in [5, 5.41) is 14.1. The lowest BCUT2D eigenvalue weighted by Crippen LogP contribution is -2.39. The van der Waals surface area contributed by atoms with Crippen molar-refractivity contribution in [2.75, 3.05) is 25.0 Å². The van der Waals surface area contributed by atoms with Crippen LogP contribution in [0.1, 0.15) is 29.5 Å². The van der Waals surface area contributed by atoms with E-state index in [1.54, 1.807) is 13.0 Å². The number of likely N-dealkylation sites (tertiary alicyclic amines) is 1. The van der Waals surface area contributed by atoms with E-state index in [-0.39, 0.29) is 18.1 Å². The molecule has 0 unspecified atom stereocenters. The second kappa shape index (κ2) is 8.97. The third kappa shape index (κ3) is 4.95. The van der Waals surface area contributed by atoms with Gasteiger partial charge in [-0.1, -0.05) is 36.4 Å². The number of nitrogens with one attached hydrogen (secondary N) is 1. The molecule has 1 aliphatic rings. The Morgan fingerprint density at radius 1 is 1.14 bits per heavy atom. The molecule has 28 heavy (non-hydrogen) atoms. The average molecular weight is 381 g/mol. The summed E-state index contributed by atoms with van der Waals surface area (Å²) in [5.74, 6) is 0.445. The van der Waals surface area contributed by atoms with Gasteiger partial charge < -0.3 is 5.32 Å². The monoisotopic (exact) mass is 381 g/mol. The van der Waals surface area contributed by atoms with Crippen LogP contribution in [0, 0.1) is 29.9 Å². The fourth-order valence-electron chi connectivity index (χ4n) is 3.79. The van der Waals surface area contributed by atoms with E-state index in [0.29, 0.717) is 11.6 Å². The van der Waals surface area contributed by atoms with Gasteiger partial charge in [0.1, 0.15) is 5.69 Å². The Morgan fingerprint density at radius 3 is 2.46 bits per heavy atom. The first kappa shape index (κ1) is 20.0. The van der Waals surface area contributed by atoms with Crippen LogP contribution in [0.25, 0.3) is 0 Å². The van der Waals surface area contributed by atoms with Gasteiger partial charge in [-0.25, -0.2) is 0 Å². The standard InChI is InChI=1S/C22H27N3O3/c1-16-8-9-20(25(27)28)22(17(16)2)23-21(26)15-24-12-10-19(11-13-24)14-18-6-4-3-5-7-18/h3-9,19H,10-15H2,1-2H3,(H,23,26). The Kier molecular flexibility index (Phi) is 6.41. The number of nitro groups is 1. The molecule has 1 amide bonds. The minimum Gasteiger partial charge on any atom is -0.319 e. The first-order valence-corrected chi connectivity index (χ1v) is 9.74. The number of nitro benzene ring substituents is 1. The van der Waals surface area contributed by atoms with Crippen LogP contribution in [0.2, 0.25) is 0 Å². The highest BCUT2D eigenvalue weighted by atomic mass is 16.6. The van der Waals surface area contributed by atoms with E-state index in [9.17, 15) is 14.9 Å². The van der Waals surface area contributed by atoms with Crippen molar-refractivity contribution in [2.24, 2.45) is 5.92 Å². The van der Waals surface area contributed by atoms with Gasteiger partial charge in [0.25, 0.3) is 5.69 Å². The Hall–Kier alpha value is -2.73. The molecule has 0 spiro atoms. The summed E-state index contributed by atoms with van der Waals surface area (Å²) in [6.45, 7) is 5.70. The van der Waals surface area contributed by atoms with Crippen LogP contribution in [0.3, 0.4) is 0 Å². The summed E-state index contributed by atoms with van der Waals surface area (Å²) in [4.78, 5) is 25.5. The molecule has 6 heteroatoms. The van der Waals surface area contributed by atoms with E-state index in [2.05, 4.69) is 34.5 Å². The van der Waals surface area contributed by atoms with Crippen LogP contribution in [0.4, 0.5) is 11.4 Å². The summed E-state index contributed by atoms with van der Waals surface area (Å²) in [7, 11) is 0. The first-order valence-electron chi connectivity index (χ1n) is 9.74. The minimum atomic E-state index is -0.447. The molecule has 6 nitrogen and oxygen atoms in total.